The van der Waals surface area contributed by atoms with E-state index in [1.807, 2.05) is 30.3 Å². The molecule has 0 aliphatic carbocycles. The van der Waals surface area contributed by atoms with E-state index in [4.69, 9.17) is 17.0 Å². The van der Waals surface area contributed by atoms with Gasteiger partial charge in [-0.05, 0) is 24.4 Å². The monoisotopic (exact) mass is 263 g/mol. The molecule has 0 saturated carbocycles. The highest BCUT2D eigenvalue weighted by Crippen LogP contribution is 2.05. The second-order valence-electron chi connectivity index (χ2n) is 3.60. The average molecular weight is 263 g/mol. The predicted octanol–water partition coefficient (Wildman–Crippen LogP) is 1.98. The minimum Gasteiger partial charge on any atom is -0.490 e. The topological polar surface area (TPSA) is 59.0 Å². The van der Waals surface area contributed by atoms with Crippen LogP contribution in [0.1, 0.15) is 0 Å². The van der Waals surface area contributed by atoms with Crippen LogP contribution in [-0.4, -0.2) is 16.7 Å². The Balaban J connectivity index is 2.25. The van der Waals surface area contributed by atoms with Crippen LogP contribution in [0.25, 0.3) is 0 Å². The Morgan fingerprint density at radius 2 is 2.11 bits per heavy atom. The highest BCUT2D eigenvalue weighted by Gasteiger charge is 2.04. The van der Waals surface area contributed by atoms with E-state index in [2.05, 4.69) is 10.3 Å². The lowest BCUT2D eigenvalue weighted by Gasteiger charge is -2.10. The van der Waals surface area contributed by atoms with Crippen molar-refractivity contribution in [3.8, 4) is 5.75 Å². The lowest BCUT2D eigenvalue weighted by atomic mass is 10.3. The van der Waals surface area contributed by atoms with E-state index in [0.717, 1.165) is 5.69 Å². The number of aromatic nitrogens is 2. The second-order valence-corrected chi connectivity index (χ2v) is 3.98. The van der Waals surface area contributed by atoms with Gasteiger partial charge >= 0.3 is 0 Å². The normalized spacial score (nSPS) is 10.1. The van der Waals surface area contributed by atoms with Crippen molar-refractivity contribution in [2.75, 3.05) is 12.4 Å². The molecule has 0 bridgehead atoms. The molecule has 2 N–H and O–H groups in total. The number of ether oxygens (including phenoxy) is 1. The molecule has 0 unspecified atom stereocenters. The van der Waals surface area contributed by atoms with Crippen LogP contribution in [-0.2, 0) is 6.67 Å². The number of nitrogens with one attached hydrogen (secondary N) is 2. The van der Waals surface area contributed by atoms with Crippen molar-refractivity contribution in [2.24, 2.45) is 0 Å². The van der Waals surface area contributed by atoms with Crippen LogP contribution in [0.2, 0.25) is 0 Å². The first-order chi connectivity index (χ1) is 8.72. The van der Waals surface area contributed by atoms with E-state index >= 15 is 0 Å². The zero-order chi connectivity index (χ0) is 13.0. The Labute approximate surface area is 109 Å². The fraction of sp³-hybridized carbons (Fsp3) is 0.167. The largest absolute Gasteiger partial charge is 0.490 e. The molecule has 18 heavy (non-hydrogen) atoms. The standard InChI is InChI=1S/C12H13N3O2S/c1-17-10-7-13-12(18)15(11(10)16)8-14-9-5-3-2-4-6-9/h2-7,14H,8H2,1H3,(H,13,18). The molecule has 1 aromatic heterocycles. The zero-order valence-electron chi connectivity index (χ0n) is 9.84. The van der Waals surface area contributed by atoms with Crippen molar-refractivity contribution in [1.29, 1.82) is 0 Å². The van der Waals surface area contributed by atoms with Crippen LogP contribution in [0.5, 0.6) is 5.75 Å². The van der Waals surface area contributed by atoms with E-state index in [1.54, 1.807) is 0 Å². The summed E-state index contributed by atoms with van der Waals surface area (Å²) >= 11 is 5.07. The number of rotatable bonds is 4. The van der Waals surface area contributed by atoms with E-state index < -0.39 is 0 Å². The van der Waals surface area contributed by atoms with Gasteiger partial charge in [-0.15, -0.1) is 0 Å². The third-order valence-electron chi connectivity index (χ3n) is 2.46. The third kappa shape index (κ3) is 2.60. The first-order valence-electron chi connectivity index (χ1n) is 5.38. The van der Waals surface area contributed by atoms with Crippen molar-refractivity contribution in [3.05, 3.63) is 51.7 Å². The van der Waals surface area contributed by atoms with E-state index in [0.29, 0.717) is 4.77 Å². The smallest absolute Gasteiger partial charge is 0.298 e. The Morgan fingerprint density at radius 3 is 2.78 bits per heavy atom. The van der Waals surface area contributed by atoms with Gasteiger partial charge in [0, 0.05) is 5.69 Å². The van der Waals surface area contributed by atoms with Crippen molar-refractivity contribution in [2.45, 2.75) is 6.67 Å². The molecule has 0 fully saturated rings. The molecule has 1 heterocycles. The summed E-state index contributed by atoms with van der Waals surface area (Å²) in [6.07, 6.45) is 1.46. The van der Waals surface area contributed by atoms with Crippen LogP contribution in [0.4, 0.5) is 5.69 Å². The number of hydrogen-bond acceptors (Lipinski definition) is 4. The van der Waals surface area contributed by atoms with Gasteiger partial charge in [0.05, 0.1) is 20.0 Å². The molecule has 1 aromatic carbocycles. The molecule has 0 aliphatic heterocycles. The molecule has 0 spiro atoms. The first-order valence-corrected chi connectivity index (χ1v) is 5.78. The number of benzene rings is 1. The fourth-order valence-electron chi connectivity index (χ4n) is 1.51. The number of aromatic amines is 1. The molecule has 2 rings (SSSR count). The number of H-pyrrole nitrogens is 1. The molecule has 2 aromatic rings. The number of anilines is 1. The Morgan fingerprint density at radius 1 is 1.39 bits per heavy atom. The summed E-state index contributed by atoms with van der Waals surface area (Å²) < 4.78 is 6.71. The van der Waals surface area contributed by atoms with Gasteiger partial charge in [-0.1, -0.05) is 18.2 Å². The average Bonchev–Trinajstić information content (AvgIpc) is 2.40. The lowest BCUT2D eigenvalue weighted by molar-refractivity contribution is 0.399. The second kappa shape index (κ2) is 5.50. The predicted molar refractivity (Wildman–Crippen MR) is 72.5 cm³/mol. The Bertz CT molecular complexity index is 634. The zero-order valence-corrected chi connectivity index (χ0v) is 10.7. The summed E-state index contributed by atoms with van der Waals surface area (Å²) in [4.78, 5) is 14.8. The maximum absolute atomic E-state index is 12.0. The number of methoxy groups -OCH3 is 1. The van der Waals surface area contributed by atoms with E-state index in [1.165, 1.54) is 17.9 Å². The summed E-state index contributed by atoms with van der Waals surface area (Å²) in [7, 11) is 1.45. The maximum Gasteiger partial charge on any atom is 0.298 e. The molecule has 0 amide bonds. The van der Waals surface area contributed by atoms with Gasteiger partial charge in [0.15, 0.2) is 4.77 Å². The van der Waals surface area contributed by atoms with Gasteiger partial charge < -0.3 is 15.0 Å². The molecule has 6 heteroatoms. The van der Waals surface area contributed by atoms with Gasteiger partial charge in [-0.25, -0.2) is 0 Å². The van der Waals surface area contributed by atoms with Crippen LogP contribution >= 0.6 is 12.2 Å². The van der Waals surface area contributed by atoms with Crippen LogP contribution in [0, 0.1) is 4.77 Å². The number of para-hydroxylation sites is 1. The lowest BCUT2D eigenvalue weighted by Crippen LogP contribution is -2.26. The fourth-order valence-corrected chi connectivity index (χ4v) is 1.71. The van der Waals surface area contributed by atoms with Gasteiger partial charge in [-0.2, -0.15) is 0 Å². The van der Waals surface area contributed by atoms with E-state index in [9.17, 15) is 4.79 Å². The summed E-state index contributed by atoms with van der Waals surface area (Å²) in [5, 5.41) is 3.11. The minimum atomic E-state index is -0.260. The quantitative estimate of drug-likeness (QED) is 0.828. The van der Waals surface area contributed by atoms with Gasteiger partial charge in [-0.3, -0.25) is 9.36 Å². The first kappa shape index (κ1) is 12.4. The highest BCUT2D eigenvalue weighted by atomic mass is 32.1. The number of nitrogens with zero attached hydrogens (tertiary/aromatic N) is 1. The molecule has 0 aliphatic rings. The molecule has 94 valence electrons. The van der Waals surface area contributed by atoms with Gasteiger partial charge in [0.2, 0.25) is 5.75 Å². The van der Waals surface area contributed by atoms with Crippen LogP contribution < -0.4 is 15.6 Å². The Hall–Kier alpha value is -2.08. The summed E-state index contributed by atoms with van der Waals surface area (Å²) in [6.45, 7) is 0.287. The molecule has 0 saturated heterocycles. The number of hydrogen-bond donors (Lipinski definition) is 2. The third-order valence-corrected chi connectivity index (χ3v) is 2.80. The molecule has 5 nitrogen and oxygen atoms in total. The molecule has 0 atom stereocenters. The van der Waals surface area contributed by atoms with Gasteiger partial charge in [0.1, 0.15) is 0 Å². The summed E-state index contributed by atoms with van der Waals surface area (Å²) in [5.74, 6) is 0.235. The van der Waals surface area contributed by atoms with Crippen molar-refractivity contribution >= 4 is 17.9 Å². The molecular weight excluding hydrogens is 250 g/mol. The van der Waals surface area contributed by atoms with Crippen molar-refractivity contribution in [1.82, 2.24) is 9.55 Å². The SMILES string of the molecule is COc1c[nH]c(=S)n(CNc2ccccc2)c1=O. The van der Waals surface area contributed by atoms with Crippen LogP contribution in [0.3, 0.4) is 0 Å². The summed E-state index contributed by atoms with van der Waals surface area (Å²) in [5.41, 5.74) is 0.659. The van der Waals surface area contributed by atoms with E-state index in [-0.39, 0.29) is 18.0 Å². The van der Waals surface area contributed by atoms with Crippen molar-refractivity contribution < 1.29 is 4.74 Å². The van der Waals surface area contributed by atoms with Crippen LogP contribution in [0.15, 0.2) is 41.3 Å². The van der Waals surface area contributed by atoms with Crippen molar-refractivity contribution in [3.63, 3.8) is 0 Å². The minimum absolute atomic E-state index is 0.235. The maximum atomic E-state index is 12.0. The Kier molecular flexibility index (Phi) is 3.78. The summed E-state index contributed by atoms with van der Waals surface area (Å²) in [6, 6.07) is 9.58. The molecular formula is C12H13N3O2S. The molecule has 0 radical (unpaired) electrons. The van der Waals surface area contributed by atoms with Gasteiger partial charge in [0.25, 0.3) is 5.56 Å². The highest BCUT2D eigenvalue weighted by molar-refractivity contribution is 7.71.